The van der Waals surface area contributed by atoms with E-state index in [1.54, 1.807) is 19.9 Å². The van der Waals surface area contributed by atoms with Crippen LogP contribution in [0.15, 0.2) is 16.6 Å². The van der Waals surface area contributed by atoms with Gasteiger partial charge in [-0.15, -0.1) is 0 Å². The number of rotatable bonds is 1. The predicted octanol–water partition coefficient (Wildman–Crippen LogP) is 2.76. The Labute approximate surface area is 79.3 Å². The summed E-state index contributed by atoms with van der Waals surface area (Å²) in [4.78, 5) is 10.8. The summed E-state index contributed by atoms with van der Waals surface area (Å²) in [7, 11) is 0. The zero-order chi connectivity index (χ0) is 9.30. The average molecular weight is 229 g/mol. The van der Waals surface area contributed by atoms with Gasteiger partial charge in [-0.2, -0.15) is 0 Å². The maximum Gasteiger partial charge on any atom is 0.336 e. The third-order valence-corrected chi connectivity index (χ3v) is 2.68. The van der Waals surface area contributed by atoms with Crippen molar-refractivity contribution >= 4 is 21.9 Å². The van der Waals surface area contributed by atoms with Crippen LogP contribution in [0, 0.1) is 13.8 Å². The topological polar surface area (TPSA) is 37.3 Å². The number of aromatic carboxylic acids is 1. The van der Waals surface area contributed by atoms with Crippen molar-refractivity contribution in [1.29, 1.82) is 0 Å². The molecule has 0 bridgehead atoms. The van der Waals surface area contributed by atoms with E-state index in [-0.39, 0.29) is 0 Å². The molecule has 1 N–H and O–H groups in total. The van der Waals surface area contributed by atoms with Gasteiger partial charge in [-0.25, -0.2) is 4.79 Å². The van der Waals surface area contributed by atoms with Crippen molar-refractivity contribution in [3.05, 3.63) is 33.3 Å². The van der Waals surface area contributed by atoms with Crippen molar-refractivity contribution in [3.8, 4) is 0 Å². The molecule has 0 saturated heterocycles. The van der Waals surface area contributed by atoms with Crippen molar-refractivity contribution in [1.82, 2.24) is 0 Å². The highest BCUT2D eigenvalue weighted by atomic mass is 79.9. The van der Waals surface area contributed by atoms with Gasteiger partial charge in [0.2, 0.25) is 0 Å². The molecule has 12 heavy (non-hydrogen) atoms. The minimum atomic E-state index is -0.869. The molecule has 64 valence electrons. The highest BCUT2D eigenvalue weighted by Crippen LogP contribution is 2.22. The zero-order valence-electron chi connectivity index (χ0n) is 6.89. The Morgan fingerprint density at radius 3 is 2.42 bits per heavy atom. The molecule has 0 heterocycles. The highest BCUT2D eigenvalue weighted by Gasteiger charge is 2.11. The summed E-state index contributed by atoms with van der Waals surface area (Å²) in [6.07, 6.45) is 0. The average Bonchev–Trinajstić information content (AvgIpc) is 1.97. The van der Waals surface area contributed by atoms with E-state index in [1.807, 2.05) is 6.07 Å². The van der Waals surface area contributed by atoms with E-state index in [1.165, 1.54) is 0 Å². The summed E-state index contributed by atoms with van der Waals surface area (Å²) in [6.45, 7) is 3.59. The molecule has 1 aromatic carbocycles. The number of carboxylic acids is 1. The Hall–Kier alpha value is -0.830. The number of carbonyl (C=O) groups is 1. The number of aryl methyl sites for hydroxylation is 1. The van der Waals surface area contributed by atoms with Gasteiger partial charge in [0.05, 0.1) is 5.56 Å². The Balaban J connectivity index is 3.43. The van der Waals surface area contributed by atoms with Crippen molar-refractivity contribution in [3.63, 3.8) is 0 Å². The van der Waals surface area contributed by atoms with Crippen LogP contribution < -0.4 is 0 Å². The first-order valence-electron chi connectivity index (χ1n) is 3.53. The molecule has 0 aromatic heterocycles. The van der Waals surface area contributed by atoms with Gasteiger partial charge in [-0.05, 0) is 31.0 Å². The van der Waals surface area contributed by atoms with Gasteiger partial charge < -0.3 is 5.11 Å². The first-order valence-corrected chi connectivity index (χ1v) is 4.32. The van der Waals surface area contributed by atoms with Crippen LogP contribution in [0.2, 0.25) is 0 Å². The number of hydrogen-bond acceptors (Lipinski definition) is 1. The van der Waals surface area contributed by atoms with Gasteiger partial charge in [0.1, 0.15) is 0 Å². The number of carboxylic acid groups (broad SMARTS) is 1. The van der Waals surface area contributed by atoms with E-state index in [2.05, 4.69) is 15.9 Å². The maximum absolute atomic E-state index is 10.8. The smallest absolute Gasteiger partial charge is 0.336 e. The maximum atomic E-state index is 10.8. The largest absolute Gasteiger partial charge is 0.478 e. The molecule has 0 atom stereocenters. The van der Waals surface area contributed by atoms with Crippen LogP contribution in [-0.4, -0.2) is 11.1 Å². The van der Waals surface area contributed by atoms with Crippen LogP contribution in [0.5, 0.6) is 0 Å². The summed E-state index contributed by atoms with van der Waals surface area (Å²) < 4.78 is 0.838. The molecule has 2 nitrogen and oxygen atoms in total. The SMILES string of the molecule is Cc1ccc(Br)c(C)c1C(=O)O. The Morgan fingerprint density at radius 2 is 2.00 bits per heavy atom. The molecule has 0 aliphatic heterocycles. The molecular formula is C9H9BrO2. The molecule has 0 radical (unpaired) electrons. The molecule has 0 saturated carbocycles. The lowest BCUT2D eigenvalue weighted by molar-refractivity contribution is 0.0695. The summed E-state index contributed by atoms with van der Waals surface area (Å²) >= 11 is 3.29. The summed E-state index contributed by atoms with van der Waals surface area (Å²) in [5.41, 5.74) is 1.97. The lowest BCUT2D eigenvalue weighted by atomic mass is 10.0. The number of halogens is 1. The van der Waals surface area contributed by atoms with E-state index in [0.717, 1.165) is 15.6 Å². The fourth-order valence-corrected chi connectivity index (χ4v) is 1.48. The monoisotopic (exact) mass is 228 g/mol. The standard InChI is InChI=1S/C9H9BrO2/c1-5-3-4-7(10)6(2)8(5)9(11)12/h3-4H,1-2H3,(H,11,12). The lowest BCUT2D eigenvalue weighted by Crippen LogP contribution is -2.03. The van der Waals surface area contributed by atoms with Gasteiger partial charge >= 0.3 is 5.97 Å². The lowest BCUT2D eigenvalue weighted by Gasteiger charge is -2.05. The van der Waals surface area contributed by atoms with Crippen LogP contribution in [0.4, 0.5) is 0 Å². The molecule has 3 heteroatoms. The highest BCUT2D eigenvalue weighted by molar-refractivity contribution is 9.10. The van der Waals surface area contributed by atoms with E-state index in [4.69, 9.17) is 5.11 Å². The van der Waals surface area contributed by atoms with Crippen molar-refractivity contribution < 1.29 is 9.90 Å². The van der Waals surface area contributed by atoms with E-state index < -0.39 is 5.97 Å². The number of benzene rings is 1. The van der Waals surface area contributed by atoms with Crippen molar-refractivity contribution in [2.75, 3.05) is 0 Å². The Bertz CT molecular complexity index is 332. The zero-order valence-corrected chi connectivity index (χ0v) is 8.47. The van der Waals surface area contributed by atoms with Gasteiger partial charge in [0.15, 0.2) is 0 Å². The molecule has 0 unspecified atom stereocenters. The molecule has 0 aliphatic carbocycles. The predicted molar refractivity (Wildman–Crippen MR) is 50.6 cm³/mol. The van der Waals surface area contributed by atoms with Crippen LogP contribution in [0.3, 0.4) is 0 Å². The van der Waals surface area contributed by atoms with Gasteiger partial charge in [0.25, 0.3) is 0 Å². The van der Waals surface area contributed by atoms with Gasteiger partial charge in [0, 0.05) is 4.47 Å². The van der Waals surface area contributed by atoms with E-state index in [0.29, 0.717) is 5.56 Å². The fourth-order valence-electron chi connectivity index (χ4n) is 1.15. The van der Waals surface area contributed by atoms with Crippen LogP contribution >= 0.6 is 15.9 Å². The summed E-state index contributed by atoms with van der Waals surface area (Å²) in [5.74, 6) is -0.869. The Kier molecular flexibility index (Phi) is 2.52. The molecule has 0 fully saturated rings. The molecule has 0 spiro atoms. The molecule has 1 rings (SSSR count). The second kappa shape index (κ2) is 3.27. The second-order valence-electron chi connectivity index (χ2n) is 2.67. The minimum Gasteiger partial charge on any atom is -0.478 e. The summed E-state index contributed by atoms with van der Waals surface area (Å²) in [6, 6.07) is 3.65. The van der Waals surface area contributed by atoms with E-state index in [9.17, 15) is 4.79 Å². The second-order valence-corrected chi connectivity index (χ2v) is 3.52. The number of hydrogen-bond donors (Lipinski definition) is 1. The minimum absolute atomic E-state index is 0.393. The van der Waals surface area contributed by atoms with Crippen molar-refractivity contribution in [2.24, 2.45) is 0 Å². The third kappa shape index (κ3) is 1.50. The van der Waals surface area contributed by atoms with Crippen LogP contribution in [0.25, 0.3) is 0 Å². The Morgan fingerprint density at radius 1 is 1.42 bits per heavy atom. The third-order valence-electron chi connectivity index (χ3n) is 1.82. The van der Waals surface area contributed by atoms with Crippen molar-refractivity contribution in [2.45, 2.75) is 13.8 Å². The van der Waals surface area contributed by atoms with Gasteiger partial charge in [-0.1, -0.05) is 22.0 Å². The van der Waals surface area contributed by atoms with E-state index >= 15 is 0 Å². The van der Waals surface area contributed by atoms with Gasteiger partial charge in [-0.3, -0.25) is 0 Å². The first kappa shape index (κ1) is 9.26. The van der Waals surface area contributed by atoms with Crippen LogP contribution in [-0.2, 0) is 0 Å². The molecule has 0 amide bonds. The molecular weight excluding hydrogens is 220 g/mol. The van der Waals surface area contributed by atoms with Crippen LogP contribution in [0.1, 0.15) is 21.5 Å². The molecule has 1 aromatic rings. The molecule has 0 aliphatic rings. The summed E-state index contributed by atoms with van der Waals surface area (Å²) in [5, 5.41) is 8.85. The quantitative estimate of drug-likeness (QED) is 0.803. The first-order chi connectivity index (χ1) is 5.54. The fraction of sp³-hybridized carbons (Fsp3) is 0.222. The normalized spacial score (nSPS) is 9.92.